The van der Waals surface area contributed by atoms with Crippen molar-refractivity contribution in [1.29, 1.82) is 0 Å². The summed E-state index contributed by atoms with van der Waals surface area (Å²) in [5.41, 5.74) is 2.40. The summed E-state index contributed by atoms with van der Waals surface area (Å²) < 4.78 is 27.5. The Labute approximate surface area is 158 Å². The second-order valence-electron chi connectivity index (χ2n) is 6.39. The van der Waals surface area contributed by atoms with E-state index in [1.165, 1.54) is 6.07 Å². The summed E-state index contributed by atoms with van der Waals surface area (Å²) in [5, 5.41) is 13.7. The van der Waals surface area contributed by atoms with Crippen molar-refractivity contribution in [3.8, 4) is 0 Å². The van der Waals surface area contributed by atoms with E-state index in [1.807, 2.05) is 25.1 Å². The van der Waals surface area contributed by atoms with Gasteiger partial charge in [0.2, 0.25) is 15.9 Å². The van der Waals surface area contributed by atoms with Crippen LogP contribution in [0.1, 0.15) is 12.0 Å². The average Bonchev–Trinajstić information content (AvgIpc) is 2.65. The number of aryl methyl sites for hydroxylation is 1. The summed E-state index contributed by atoms with van der Waals surface area (Å²) in [6, 6.07) is 6.56. The molecule has 2 heterocycles. The first-order valence-electron chi connectivity index (χ1n) is 8.51. The van der Waals surface area contributed by atoms with Crippen LogP contribution in [0.25, 0.3) is 0 Å². The third kappa shape index (κ3) is 4.72. The van der Waals surface area contributed by atoms with E-state index in [1.54, 1.807) is 18.3 Å². The number of carbonyl (C=O) groups excluding carboxylic acids is 1. The molecule has 0 unspecified atom stereocenters. The van der Waals surface area contributed by atoms with E-state index in [-0.39, 0.29) is 17.3 Å². The van der Waals surface area contributed by atoms with Crippen LogP contribution in [0.3, 0.4) is 0 Å². The van der Waals surface area contributed by atoms with Crippen LogP contribution in [-0.4, -0.2) is 51.7 Å². The fourth-order valence-electron chi connectivity index (χ4n) is 2.67. The highest BCUT2D eigenvalue weighted by Gasteiger charge is 2.19. The summed E-state index contributed by atoms with van der Waals surface area (Å²) in [7, 11) is 0.173. The third-order valence-electron chi connectivity index (χ3n) is 4.16. The topological polar surface area (TPSA) is 116 Å². The molecule has 9 nitrogen and oxygen atoms in total. The molecule has 0 saturated carbocycles. The molecule has 1 aromatic carbocycles. The summed E-state index contributed by atoms with van der Waals surface area (Å²) in [5.74, 6) is 0.522. The lowest BCUT2D eigenvalue weighted by atomic mass is 10.0. The van der Waals surface area contributed by atoms with Crippen molar-refractivity contribution in [2.75, 3.05) is 42.7 Å². The molecule has 3 N–H and O–H groups in total. The Balaban J connectivity index is 1.57. The Morgan fingerprint density at radius 3 is 2.78 bits per heavy atom. The van der Waals surface area contributed by atoms with Crippen LogP contribution in [0.4, 0.5) is 17.2 Å². The molecule has 0 bridgehead atoms. The molecule has 0 fully saturated rings. The first kappa shape index (κ1) is 19.1. The van der Waals surface area contributed by atoms with Crippen molar-refractivity contribution in [2.45, 2.75) is 17.7 Å². The molecule has 27 heavy (non-hydrogen) atoms. The first-order chi connectivity index (χ1) is 12.8. The number of aromatic nitrogens is 2. The molecule has 0 aliphatic carbocycles. The largest absolute Gasteiger partial charge is 0.376 e. The second kappa shape index (κ2) is 7.89. The second-order valence-corrected chi connectivity index (χ2v) is 8.15. The summed E-state index contributed by atoms with van der Waals surface area (Å²) in [6.07, 6.45) is 2.54. The number of amides is 1. The minimum absolute atomic E-state index is 0.0521. The molecule has 144 valence electrons. The van der Waals surface area contributed by atoms with Gasteiger partial charge in [0.15, 0.2) is 5.82 Å². The molecule has 1 aromatic heterocycles. The van der Waals surface area contributed by atoms with Crippen LogP contribution in [0.2, 0.25) is 0 Å². The zero-order chi connectivity index (χ0) is 19.4. The van der Waals surface area contributed by atoms with Crippen LogP contribution in [0, 0.1) is 0 Å². The predicted octanol–water partition coefficient (Wildman–Crippen LogP) is 0.818. The van der Waals surface area contributed by atoms with Gasteiger partial charge in [-0.15, -0.1) is 5.10 Å². The van der Waals surface area contributed by atoms with Gasteiger partial charge >= 0.3 is 0 Å². The minimum atomic E-state index is -3.63. The summed E-state index contributed by atoms with van der Waals surface area (Å²) >= 11 is 0. The number of nitrogens with one attached hydrogen (secondary N) is 3. The van der Waals surface area contributed by atoms with E-state index in [0.717, 1.165) is 11.3 Å². The number of hydrogen-bond donors (Lipinski definition) is 3. The maximum Gasteiger partial charge on any atom is 0.240 e. The molecule has 0 spiro atoms. The van der Waals surface area contributed by atoms with Crippen molar-refractivity contribution in [2.24, 2.45) is 0 Å². The Hall–Kier alpha value is -2.72. The summed E-state index contributed by atoms with van der Waals surface area (Å²) in [6.45, 7) is 0.565. The standard InChI is InChI=1S/C17H22N6O3S/c1-23(2)13-10-16(22-19-11-13)18-7-8-20-27(25,26)14-4-5-15-12(9-14)3-6-17(24)21-15/h4-5,9-11,20H,3,6-8H2,1-2H3,(H,18,22)(H,21,24). The van der Waals surface area contributed by atoms with E-state index < -0.39 is 10.0 Å². The SMILES string of the molecule is CN(C)c1cnnc(NCCNS(=O)(=O)c2ccc3c(c2)CCC(=O)N3)c1. The van der Waals surface area contributed by atoms with E-state index >= 15 is 0 Å². The van der Waals surface area contributed by atoms with Gasteiger partial charge in [-0.3, -0.25) is 4.79 Å². The van der Waals surface area contributed by atoms with Crippen molar-refractivity contribution in [3.63, 3.8) is 0 Å². The van der Waals surface area contributed by atoms with Gasteiger partial charge in [0, 0.05) is 45.4 Å². The number of rotatable bonds is 7. The quantitative estimate of drug-likeness (QED) is 0.599. The first-order valence-corrected chi connectivity index (χ1v) is 10.00. The minimum Gasteiger partial charge on any atom is -0.376 e. The lowest BCUT2D eigenvalue weighted by Gasteiger charge is -2.17. The van der Waals surface area contributed by atoms with Crippen LogP contribution in [0.5, 0.6) is 0 Å². The maximum absolute atomic E-state index is 12.5. The van der Waals surface area contributed by atoms with Crippen LogP contribution >= 0.6 is 0 Å². The average molecular weight is 390 g/mol. The van der Waals surface area contributed by atoms with Gasteiger partial charge in [-0.25, -0.2) is 13.1 Å². The van der Waals surface area contributed by atoms with E-state index in [9.17, 15) is 13.2 Å². The molecule has 1 aliphatic rings. The lowest BCUT2D eigenvalue weighted by Crippen LogP contribution is -2.29. The van der Waals surface area contributed by atoms with Crippen molar-refractivity contribution < 1.29 is 13.2 Å². The number of anilines is 3. The molecule has 10 heteroatoms. The lowest BCUT2D eigenvalue weighted by molar-refractivity contribution is -0.116. The molecule has 1 amide bonds. The highest BCUT2D eigenvalue weighted by molar-refractivity contribution is 7.89. The number of fused-ring (bicyclic) bond motifs is 1. The number of sulfonamides is 1. The predicted molar refractivity (Wildman–Crippen MR) is 103 cm³/mol. The van der Waals surface area contributed by atoms with Gasteiger partial charge in [-0.05, 0) is 30.2 Å². The highest BCUT2D eigenvalue weighted by Crippen LogP contribution is 2.25. The number of carbonyl (C=O) groups is 1. The number of hydrogen-bond acceptors (Lipinski definition) is 7. The molecular formula is C17H22N6O3S. The summed E-state index contributed by atoms with van der Waals surface area (Å²) in [4.78, 5) is 13.5. The maximum atomic E-state index is 12.5. The number of nitrogens with zero attached hydrogens (tertiary/aromatic N) is 3. The Kier molecular flexibility index (Phi) is 5.57. The van der Waals surface area contributed by atoms with Gasteiger partial charge in [0.25, 0.3) is 0 Å². The zero-order valence-corrected chi connectivity index (χ0v) is 16.0. The molecule has 0 saturated heterocycles. The van der Waals surface area contributed by atoms with Crippen molar-refractivity contribution in [3.05, 3.63) is 36.0 Å². The molecule has 0 atom stereocenters. The number of benzene rings is 1. The van der Waals surface area contributed by atoms with Crippen LogP contribution in [-0.2, 0) is 21.2 Å². The third-order valence-corrected chi connectivity index (χ3v) is 5.62. The van der Waals surface area contributed by atoms with Crippen molar-refractivity contribution >= 4 is 33.1 Å². The zero-order valence-electron chi connectivity index (χ0n) is 15.2. The van der Waals surface area contributed by atoms with Gasteiger partial charge < -0.3 is 15.5 Å². The van der Waals surface area contributed by atoms with Gasteiger partial charge in [0.05, 0.1) is 16.8 Å². The Bertz CT molecular complexity index is 945. The van der Waals surface area contributed by atoms with E-state index in [0.29, 0.717) is 30.9 Å². The molecule has 3 rings (SSSR count). The van der Waals surface area contributed by atoms with Crippen molar-refractivity contribution in [1.82, 2.24) is 14.9 Å². The fourth-order valence-corrected chi connectivity index (χ4v) is 3.76. The highest BCUT2D eigenvalue weighted by atomic mass is 32.2. The molecule has 2 aromatic rings. The molecule has 1 aliphatic heterocycles. The Morgan fingerprint density at radius 2 is 2.00 bits per heavy atom. The van der Waals surface area contributed by atoms with Gasteiger partial charge in [-0.2, -0.15) is 5.10 Å². The van der Waals surface area contributed by atoms with Gasteiger partial charge in [0.1, 0.15) is 0 Å². The molecule has 0 radical (unpaired) electrons. The van der Waals surface area contributed by atoms with Crippen LogP contribution in [0.15, 0.2) is 35.4 Å². The smallest absolute Gasteiger partial charge is 0.240 e. The van der Waals surface area contributed by atoms with E-state index in [2.05, 4.69) is 25.6 Å². The van der Waals surface area contributed by atoms with E-state index in [4.69, 9.17) is 0 Å². The molecular weight excluding hydrogens is 368 g/mol. The fraction of sp³-hybridized carbons (Fsp3) is 0.353. The Morgan fingerprint density at radius 1 is 1.19 bits per heavy atom. The van der Waals surface area contributed by atoms with Crippen LogP contribution < -0.4 is 20.3 Å². The monoisotopic (exact) mass is 390 g/mol. The van der Waals surface area contributed by atoms with Gasteiger partial charge in [-0.1, -0.05) is 0 Å². The normalized spacial score (nSPS) is 13.6.